The molecule has 0 atom stereocenters. The Hall–Kier alpha value is -1.71. The molecule has 4 nitrogen and oxygen atoms in total. The minimum atomic E-state index is -0.915. The van der Waals surface area contributed by atoms with Gasteiger partial charge in [-0.15, -0.1) is 0 Å². The Morgan fingerprint density at radius 3 is 2.56 bits per heavy atom. The molecule has 4 heteroatoms. The molecular formula is C12H13NO3. The zero-order valence-electron chi connectivity index (χ0n) is 8.85. The van der Waals surface area contributed by atoms with E-state index in [1.165, 1.54) is 0 Å². The van der Waals surface area contributed by atoms with E-state index in [4.69, 9.17) is 0 Å². The zero-order chi connectivity index (χ0) is 11.6. The van der Waals surface area contributed by atoms with E-state index in [9.17, 15) is 14.7 Å². The van der Waals surface area contributed by atoms with E-state index in [1.54, 1.807) is 24.5 Å². The van der Waals surface area contributed by atoms with Gasteiger partial charge in [0.1, 0.15) is 5.78 Å². The second-order valence-corrected chi connectivity index (χ2v) is 4.17. The van der Waals surface area contributed by atoms with Crippen LogP contribution in [0.3, 0.4) is 0 Å². The molecule has 2 rings (SSSR count). The summed E-state index contributed by atoms with van der Waals surface area (Å²) in [5, 5.41) is 9.39. The standard InChI is InChI=1S/C12H13NO3/c14-10-3-5-12(6-4-10,11(15)16)9-2-1-7-13-8-9/h1-2,7-8H,3-6H2,(H,15,16). The number of hydrogen-bond donors (Lipinski definition) is 1. The van der Waals surface area contributed by atoms with Crippen molar-refractivity contribution in [3.05, 3.63) is 30.1 Å². The first-order chi connectivity index (χ1) is 7.65. The number of ketones is 1. The minimum absolute atomic E-state index is 0.153. The van der Waals surface area contributed by atoms with Crippen LogP contribution in [0.1, 0.15) is 31.2 Å². The minimum Gasteiger partial charge on any atom is -0.481 e. The molecule has 1 fully saturated rings. The molecule has 0 saturated heterocycles. The summed E-state index contributed by atoms with van der Waals surface area (Å²) in [6.45, 7) is 0. The van der Waals surface area contributed by atoms with Gasteiger partial charge in [0.15, 0.2) is 0 Å². The van der Waals surface area contributed by atoms with Gasteiger partial charge in [-0.1, -0.05) is 6.07 Å². The van der Waals surface area contributed by atoms with Gasteiger partial charge >= 0.3 is 5.97 Å². The highest BCUT2D eigenvalue weighted by atomic mass is 16.4. The van der Waals surface area contributed by atoms with Crippen LogP contribution in [0.5, 0.6) is 0 Å². The van der Waals surface area contributed by atoms with E-state index in [2.05, 4.69) is 4.98 Å². The molecule has 0 radical (unpaired) electrons. The SMILES string of the molecule is O=C1CCC(C(=O)O)(c2cccnc2)CC1. The number of nitrogens with zero attached hydrogens (tertiary/aromatic N) is 1. The van der Waals surface area contributed by atoms with Gasteiger partial charge in [-0.05, 0) is 24.5 Å². The highest BCUT2D eigenvalue weighted by Gasteiger charge is 2.43. The largest absolute Gasteiger partial charge is 0.481 e. The van der Waals surface area contributed by atoms with E-state index < -0.39 is 11.4 Å². The fourth-order valence-corrected chi connectivity index (χ4v) is 2.23. The van der Waals surface area contributed by atoms with Crippen LogP contribution < -0.4 is 0 Å². The molecule has 1 aromatic heterocycles. The van der Waals surface area contributed by atoms with Crippen molar-refractivity contribution in [2.24, 2.45) is 0 Å². The van der Waals surface area contributed by atoms with E-state index >= 15 is 0 Å². The Labute approximate surface area is 93.3 Å². The fraction of sp³-hybridized carbons (Fsp3) is 0.417. The molecule has 0 amide bonds. The second kappa shape index (κ2) is 4.04. The number of Topliss-reactive ketones (excluding diaryl/α,β-unsaturated/α-hetero) is 1. The van der Waals surface area contributed by atoms with Crippen molar-refractivity contribution < 1.29 is 14.7 Å². The van der Waals surface area contributed by atoms with E-state index in [0.29, 0.717) is 31.2 Å². The maximum atomic E-state index is 11.4. The number of carboxylic acid groups (broad SMARTS) is 1. The molecule has 0 aromatic carbocycles. The third-order valence-corrected chi connectivity index (χ3v) is 3.28. The van der Waals surface area contributed by atoms with Crippen LogP contribution in [-0.4, -0.2) is 21.8 Å². The van der Waals surface area contributed by atoms with Crippen LogP contribution in [0.4, 0.5) is 0 Å². The number of hydrogen-bond acceptors (Lipinski definition) is 3. The summed E-state index contributed by atoms with van der Waals surface area (Å²) in [7, 11) is 0. The molecule has 0 spiro atoms. The number of carbonyl (C=O) groups is 2. The quantitative estimate of drug-likeness (QED) is 0.819. The topological polar surface area (TPSA) is 67.3 Å². The lowest BCUT2D eigenvalue weighted by atomic mass is 9.69. The number of aliphatic carboxylic acids is 1. The highest BCUT2D eigenvalue weighted by Crippen LogP contribution is 2.38. The third kappa shape index (κ3) is 1.71. The van der Waals surface area contributed by atoms with Crippen molar-refractivity contribution in [3.63, 3.8) is 0 Å². The Balaban J connectivity index is 2.37. The normalized spacial score (nSPS) is 19.4. The number of rotatable bonds is 2. The number of carboxylic acids is 1. The molecule has 1 N–H and O–H groups in total. The summed E-state index contributed by atoms with van der Waals surface area (Å²) >= 11 is 0. The van der Waals surface area contributed by atoms with E-state index in [0.717, 1.165) is 0 Å². The monoisotopic (exact) mass is 219 g/mol. The van der Waals surface area contributed by atoms with Gasteiger partial charge in [0.2, 0.25) is 0 Å². The Morgan fingerprint density at radius 2 is 2.06 bits per heavy atom. The molecule has 1 aromatic rings. The van der Waals surface area contributed by atoms with Crippen molar-refractivity contribution >= 4 is 11.8 Å². The third-order valence-electron chi connectivity index (χ3n) is 3.28. The van der Waals surface area contributed by atoms with Gasteiger partial charge in [0.25, 0.3) is 0 Å². The molecule has 1 heterocycles. The maximum Gasteiger partial charge on any atom is 0.314 e. The molecule has 0 bridgehead atoms. The van der Waals surface area contributed by atoms with Crippen LogP contribution in [0.2, 0.25) is 0 Å². The van der Waals surface area contributed by atoms with Crippen LogP contribution >= 0.6 is 0 Å². The summed E-state index contributed by atoms with van der Waals surface area (Å²) in [6.07, 6.45) is 4.67. The van der Waals surface area contributed by atoms with Crippen molar-refractivity contribution in [3.8, 4) is 0 Å². The van der Waals surface area contributed by atoms with Crippen LogP contribution in [-0.2, 0) is 15.0 Å². The van der Waals surface area contributed by atoms with Gasteiger partial charge in [-0.2, -0.15) is 0 Å². The predicted molar refractivity (Wildman–Crippen MR) is 57.0 cm³/mol. The first-order valence-electron chi connectivity index (χ1n) is 5.31. The lowest BCUT2D eigenvalue weighted by Crippen LogP contribution is -2.39. The molecule has 1 aliphatic rings. The summed E-state index contributed by atoms with van der Waals surface area (Å²) in [5.41, 5.74) is -0.211. The van der Waals surface area contributed by atoms with Gasteiger partial charge in [-0.25, -0.2) is 0 Å². The van der Waals surface area contributed by atoms with E-state index in [1.807, 2.05) is 0 Å². The van der Waals surface area contributed by atoms with Crippen molar-refractivity contribution in [2.45, 2.75) is 31.1 Å². The highest BCUT2D eigenvalue weighted by molar-refractivity contribution is 5.87. The number of aromatic nitrogens is 1. The van der Waals surface area contributed by atoms with E-state index in [-0.39, 0.29) is 5.78 Å². The average molecular weight is 219 g/mol. The molecule has 84 valence electrons. The Bertz CT molecular complexity index is 404. The Morgan fingerprint density at radius 1 is 1.38 bits per heavy atom. The first kappa shape index (κ1) is 10.8. The summed E-state index contributed by atoms with van der Waals surface area (Å²) in [6, 6.07) is 3.51. The molecule has 1 aliphatic carbocycles. The van der Waals surface area contributed by atoms with Gasteiger partial charge in [0.05, 0.1) is 5.41 Å². The molecule has 16 heavy (non-hydrogen) atoms. The van der Waals surface area contributed by atoms with Gasteiger partial charge in [0, 0.05) is 25.2 Å². The maximum absolute atomic E-state index is 11.4. The van der Waals surface area contributed by atoms with Crippen molar-refractivity contribution in [2.75, 3.05) is 0 Å². The summed E-state index contributed by atoms with van der Waals surface area (Å²) in [4.78, 5) is 26.6. The van der Waals surface area contributed by atoms with Gasteiger partial charge < -0.3 is 5.11 Å². The first-order valence-corrected chi connectivity index (χ1v) is 5.31. The predicted octanol–water partition coefficient (Wildman–Crippen LogP) is 1.55. The average Bonchev–Trinajstić information content (AvgIpc) is 2.31. The summed E-state index contributed by atoms with van der Waals surface area (Å²) < 4.78 is 0. The second-order valence-electron chi connectivity index (χ2n) is 4.17. The fourth-order valence-electron chi connectivity index (χ4n) is 2.23. The molecule has 0 unspecified atom stereocenters. The summed E-state index contributed by atoms with van der Waals surface area (Å²) in [5.74, 6) is -0.700. The van der Waals surface area contributed by atoms with Crippen LogP contribution in [0.15, 0.2) is 24.5 Å². The van der Waals surface area contributed by atoms with Crippen LogP contribution in [0, 0.1) is 0 Å². The lowest BCUT2D eigenvalue weighted by molar-refractivity contribution is -0.146. The Kier molecular flexibility index (Phi) is 2.73. The van der Waals surface area contributed by atoms with Crippen molar-refractivity contribution in [1.29, 1.82) is 0 Å². The molecular weight excluding hydrogens is 206 g/mol. The van der Waals surface area contributed by atoms with Gasteiger partial charge in [-0.3, -0.25) is 14.6 Å². The lowest BCUT2D eigenvalue weighted by Gasteiger charge is -2.32. The molecule has 0 aliphatic heterocycles. The molecule has 1 saturated carbocycles. The smallest absolute Gasteiger partial charge is 0.314 e. The van der Waals surface area contributed by atoms with Crippen molar-refractivity contribution in [1.82, 2.24) is 4.98 Å². The number of carbonyl (C=O) groups excluding carboxylic acids is 1. The van der Waals surface area contributed by atoms with Crippen LogP contribution in [0.25, 0.3) is 0 Å². The number of pyridine rings is 1. The zero-order valence-corrected chi connectivity index (χ0v) is 8.85.